The number of benzene rings is 2. The quantitative estimate of drug-likeness (QED) is 0.464. The van der Waals surface area contributed by atoms with Crippen LogP contribution in [-0.2, 0) is 4.74 Å². The molecular weight excluding hydrogens is 464 g/mol. The summed E-state index contributed by atoms with van der Waals surface area (Å²) >= 11 is 3.36. The lowest BCUT2D eigenvalue weighted by molar-refractivity contribution is 0.0522. The molecule has 0 fully saturated rings. The van der Waals surface area contributed by atoms with Crippen molar-refractivity contribution in [2.45, 2.75) is 6.92 Å². The van der Waals surface area contributed by atoms with Gasteiger partial charge in [-0.2, -0.15) is 0 Å². The van der Waals surface area contributed by atoms with Crippen molar-refractivity contribution < 1.29 is 18.7 Å². The third-order valence-electron chi connectivity index (χ3n) is 4.09. The van der Waals surface area contributed by atoms with E-state index in [0.717, 1.165) is 10.2 Å². The molecule has 0 unspecified atom stereocenters. The Balaban J connectivity index is 1.88. The second-order valence-electron chi connectivity index (χ2n) is 6.25. The molecule has 31 heavy (non-hydrogen) atoms. The number of nitrogens with one attached hydrogen (secondary N) is 2. The molecule has 8 heteroatoms. The second-order valence-corrected chi connectivity index (χ2v) is 7.17. The molecule has 3 aromatic rings. The number of hydrogen-bond acceptors (Lipinski definition) is 6. The van der Waals surface area contributed by atoms with Crippen molar-refractivity contribution in [3.8, 4) is 0 Å². The molecule has 1 aromatic heterocycles. The Morgan fingerprint density at radius 2 is 1.81 bits per heavy atom. The van der Waals surface area contributed by atoms with Gasteiger partial charge in [0.1, 0.15) is 17.0 Å². The van der Waals surface area contributed by atoms with E-state index >= 15 is 0 Å². The van der Waals surface area contributed by atoms with Gasteiger partial charge >= 0.3 is 11.6 Å². The maximum Gasteiger partial charge on any atom is 0.360 e. The van der Waals surface area contributed by atoms with Crippen molar-refractivity contribution in [2.75, 3.05) is 17.2 Å². The molecule has 0 saturated carbocycles. The smallest absolute Gasteiger partial charge is 0.360 e. The lowest BCUT2D eigenvalue weighted by Crippen LogP contribution is -2.20. The number of carbonyl (C=O) groups is 2. The minimum absolute atomic E-state index is 0.00534. The Bertz CT molecular complexity index is 1150. The van der Waals surface area contributed by atoms with Crippen LogP contribution in [0.3, 0.4) is 0 Å². The van der Waals surface area contributed by atoms with E-state index in [9.17, 15) is 14.4 Å². The average Bonchev–Trinajstić information content (AvgIpc) is 2.77. The second kappa shape index (κ2) is 10.4. The average molecular weight is 483 g/mol. The largest absolute Gasteiger partial charge is 0.462 e. The molecule has 7 nitrogen and oxygen atoms in total. The molecule has 1 heterocycles. The molecule has 1 amide bonds. The molecule has 2 N–H and O–H groups in total. The Morgan fingerprint density at radius 1 is 1.10 bits per heavy atom. The van der Waals surface area contributed by atoms with Crippen LogP contribution in [-0.4, -0.2) is 18.5 Å². The van der Waals surface area contributed by atoms with Gasteiger partial charge < -0.3 is 19.8 Å². The fourth-order valence-electron chi connectivity index (χ4n) is 2.61. The maximum absolute atomic E-state index is 12.4. The van der Waals surface area contributed by atoms with E-state index in [1.165, 1.54) is 18.3 Å². The zero-order valence-corrected chi connectivity index (χ0v) is 18.1. The first kappa shape index (κ1) is 22.0. The van der Waals surface area contributed by atoms with Gasteiger partial charge in [0, 0.05) is 21.9 Å². The van der Waals surface area contributed by atoms with Gasteiger partial charge in [0.25, 0.3) is 5.91 Å². The number of halogens is 1. The predicted octanol–water partition coefficient (Wildman–Crippen LogP) is 4.91. The minimum atomic E-state index is -0.791. The molecule has 0 bridgehead atoms. The highest BCUT2D eigenvalue weighted by Crippen LogP contribution is 2.18. The van der Waals surface area contributed by atoms with Crippen molar-refractivity contribution >= 4 is 45.3 Å². The normalized spacial score (nSPS) is 10.6. The Morgan fingerprint density at radius 3 is 2.48 bits per heavy atom. The Hall–Kier alpha value is -3.65. The molecule has 3 rings (SSSR count). The molecule has 158 valence electrons. The van der Waals surface area contributed by atoms with Gasteiger partial charge in [0.15, 0.2) is 0 Å². The fourth-order valence-corrected chi connectivity index (χ4v) is 2.87. The lowest BCUT2D eigenvalue weighted by atomic mass is 10.1. The van der Waals surface area contributed by atoms with Crippen molar-refractivity contribution in [2.24, 2.45) is 0 Å². The molecule has 0 aliphatic carbocycles. The van der Waals surface area contributed by atoms with E-state index < -0.39 is 17.5 Å². The Labute approximate surface area is 186 Å². The topological polar surface area (TPSA) is 97.6 Å². The van der Waals surface area contributed by atoms with Crippen LogP contribution in [0.4, 0.5) is 11.4 Å². The molecule has 0 spiro atoms. The molecule has 2 aromatic carbocycles. The van der Waals surface area contributed by atoms with Gasteiger partial charge in [-0.25, -0.2) is 9.59 Å². The molecule has 0 aliphatic rings. The van der Waals surface area contributed by atoms with E-state index in [0.29, 0.717) is 5.56 Å². The van der Waals surface area contributed by atoms with Crippen LogP contribution in [0.5, 0.6) is 0 Å². The summed E-state index contributed by atoms with van der Waals surface area (Å²) in [5.74, 6) is -1.17. The number of amides is 1. The number of rotatable bonds is 7. The van der Waals surface area contributed by atoms with Crippen LogP contribution in [0.25, 0.3) is 6.08 Å². The van der Waals surface area contributed by atoms with Crippen LogP contribution < -0.4 is 16.3 Å². The van der Waals surface area contributed by atoms with E-state index in [4.69, 9.17) is 9.15 Å². The van der Waals surface area contributed by atoms with Crippen LogP contribution in [0, 0.1) is 0 Å². The number of hydrogen-bond donors (Lipinski definition) is 2. The standard InChI is InChI=1S/C23H19BrN2O5/c1-2-30-22(28)18-14-19(26-21(27)15-6-4-3-5-7-15)23(29)31-20(18)12-13-25-17-10-8-16(24)9-11-17/h3-14,25H,2H2,1H3,(H,26,27)/b13-12+. The van der Waals surface area contributed by atoms with Crippen LogP contribution in [0.2, 0.25) is 0 Å². The van der Waals surface area contributed by atoms with Crippen molar-refractivity contribution in [1.29, 1.82) is 0 Å². The summed E-state index contributed by atoms with van der Waals surface area (Å²) in [6.45, 7) is 1.81. The van der Waals surface area contributed by atoms with Crippen LogP contribution in [0.1, 0.15) is 33.4 Å². The molecule has 0 saturated heterocycles. The number of esters is 1. The van der Waals surface area contributed by atoms with Crippen molar-refractivity contribution in [1.82, 2.24) is 0 Å². The summed E-state index contributed by atoms with van der Waals surface area (Å²) < 4.78 is 11.3. The van der Waals surface area contributed by atoms with E-state index in [-0.39, 0.29) is 23.6 Å². The zero-order chi connectivity index (χ0) is 22.2. The summed E-state index contributed by atoms with van der Waals surface area (Å²) in [5, 5.41) is 5.50. The van der Waals surface area contributed by atoms with Gasteiger partial charge in [0.2, 0.25) is 0 Å². The van der Waals surface area contributed by atoms with E-state index in [1.54, 1.807) is 37.3 Å². The van der Waals surface area contributed by atoms with Crippen LogP contribution >= 0.6 is 15.9 Å². The van der Waals surface area contributed by atoms with Gasteiger partial charge in [-0.05, 0) is 55.5 Å². The van der Waals surface area contributed by atoms with Gasteiger partial charge in [-0.3, -0.25) is 4.79 Å². The summed E-state index contributed by atoms with van der Waals surface area (Å²) in [7, 11) is 0. The van der Waals surface area contributed by atoms with Crippen molar-refractivity contribution in [3.05, 3.63) is 98.6 Å². The van der Waals surface area contributed by atoms with E-state index in [1.807, 2.05) is 24.3 Å². The van der Waals surface area contributed by atoms with Crippen LogP contribution in [0.15, 0.2) is 80.5 Å². The first-order valence-corrected chi connectivity index (χ1v) is 10.2. The lowest BCUT2D eigenvalue weighted by Gasteiger charge is -2.09. The van der Waals surface area contributed by atoms with Crippen molar-refractivity contribution in [3.63, 3.8) is 0 Å². The Kier molecular flexibility index (Phi) is 7.40. The van der Waals surface area contributed by atoms with Gasteiger partial charge in [-0.1, -0.05) is 34.1 Å². The summed E-state index contributed by atoms with van der Waals surface area (Å²) in [5.41, 5.74) is 0.225. The first-order valence-electron chi connectivity index (χ1n) is 9.38. The maximum atomic E-state index is 12.4. The third-order valence-corrected chi connectivity index (χ3v) is 4.61. The van der Waals surface area contributed by atoms with E-state index in [2.05, 4.69) is 26.6 Å². The highest BCUT2D eigenvalue weighted by Gasteiger charge is 2.19. The summed E-state index contributed by atoms with van der Waals surface area (Å²) in [4.78, 5) is 37.2. The van der Waals surface area contributed by atoms with Gasteiger partial charge in [-0.15, -0.1) is 0 Å². The monoisotopic (exact) mass is 482 g/mol. The summed E-state index contributed by atoms with van der Waals surface area (Å²) in [6, 6.07) is 17.1. The zero-order valence-electron chi connectivity index (χ0n) is 16.6. The molecule has 0 radical (unpaired) electrons. The SMILES string of the molecule is CCOC(=O)c1cc(NC(=O)c2ccccc2)c(=O)oc1/C=C/Nc1ccc(Br)cc1. The highest BCUT2D eigenvalue weighted by molar-refractivity contribution is 9.10. The number of carbonyl (C=O) groups excluding carboxylic acids is 2. The molecule has 0 aliphatic heterocycles. The minimum Gasteiger partial charge on any atom is -0.462 e. The van der Waals surface area contributed by atoms with Gasteiger partial charge in [0.05, 0.1) is 6.61 Å². The predicted molar refractivity (Wildman–Crippen MR) is 122 cm³/mol. The summed E-state index contributed by atoms with van der Waals surface area (Å²) in [6.07, 6.45) is 2.98. The first-order chi connectivity index (χ1) is 15.0. The fraction of sp³-hybridized carbons (Fsp3) is 0.0870. The molecule has 0 atom stereocenters. The third kappa shape index (κ3) is 5.93. The highest BCUT2D eigenvalue weighted by atomic mass is 79.9. The number of ether oxygens (including phenoxy) is 1. The number of anilines is 2. The molecular formula is C23H19BrN2O5.